The third-order valence-electron chi connectivity index (χ3n) is 3.73. The van der Waals surface area contributed by atoms with Gasteiger partial charge in [-0.25, -0.2) is 9.78 Å². The number of aliphatic carboxylic acids is 1. The molecule has 1 amide bonds. The number of halogens is 2. The maximum absolute atomic E-state index is 12.2. The second-order valence-electron chi connectivity index (χ2n) is 5.16. The van der Waals surface area contributed by atoms with Gasteiger partial charge in [0.25, 0.3) is 5.91 Å². The van der Waals surface area contributed by atoms with E-state index in [2.05, 4.69) is 10.3 Å². The van der Waals surface area contributed by atoms with Crippen LogP contribution < -0.4 is 5.32 Å². The van der Waals surface area contributed by atoms with Crippen LogP contribution in [0, 0.1) is 5.92 Å². The van der Waals surface area contributed by atoms with Crippen molar-refractivity contribution in [3.05, 3.63) is 28.0 Å². The van der Waals surface area contributed by atoms with Crippen molar-refractivity contribution in [2.45, 2.75) is 38.1 Å². The molecule has 1 atom stereocenters. The molecule has 1 aliphatic rings. The summed E-state index contributed by atoms with van der Waals surface area (Å²) in [5.41, 5.74) is 0.128. The molecule has 1 unspecified atom stereocenters. The summed E-state index contributed by atoms with van der Waals surface area (Å²) in [5, 5.41) is 12.1. The van der Waals surface area contributed by atoms with E-state index < -0.39 is 17.9 Å². The number of carbonyl (C=O) groups excluding carboxylic acids is 1. The lowest BCUT2D eigenvalue weighted by molar-refractivity contribution is -0.141. The Hall–Kier alpha value is -1.33. The van der Waals surface area contributed by atoms with E-state index in [1.807, 2.05) is 0 Å². The van der Waals surface area contributed by atoms with Gasteiger partial charge in [-0.1, -0.05) is 42.5 Å². The van der Waals surface area contributed by atoms with Gasteiger partial charge in [0.15, 0.2) is 0 Å². The molecule has 0 saturated heterocycles. The zero-order valence-corrected chi connectivity index (χ0v) is 12.8. The first-order valence-electron chi connectivity index (χ1n) is 6.84. The Labute approximate surface area is 132 Å². The van der Waals surface area contributed by atoms with Crippen LogP contribution in [-0.2, 0) is 4.79 Å². The second-order valence-corrected chi connectivity index (χ2v) is 5.91. The molecule has 1 aromatic rings. The van der Waals surface area contributed by atoms with Gasteiger partial charge in [-0.05, 0) is 30.9 Å². The van der Waals surface area contributed by atoms with Crippen LogP contribution in [0.4, 0.5) is 0 Å². The molecule has 1 aliphatic carbocycles. The summed E-state index contributed by atoms with van der Waals surface area (Å²) >= 11 is 11.5. The van der Waals surface area contributed by atoms with E-state index in [4.69, 9.17) is 23.2 Å². The predicted octanol–water partition coefficient (Wildman–Crippen LogP) is 3.15. The van der Waals surface area contributed by atoms with Gasteiger partial charge in [0, 0.05) is 0 Å². The van der Waals surface area contributed by atoms with Crippen LogP contribution in [-0.4, -0.2) is 28.0 Å². The van der Waals surface area contributed by atoms with Crippen LogP contribution in [0.15, 0.2) is 12.1 Å². The van der Waals surface area contributed by atoms with Gasteiger partial charge >= 0.3 is 5.97 Å². The number of carboxylic acids is 1. The molecular weight excluding hydrogens is 315 g/mol. The molecule has 2 rings (SSSR count). The molecule has 0 aliphatic heterocycles. The first-order chi connectivity index (χ1) is 9.99. The molecule has 0 radical (unpaired) electrons. The minimum absolute atomic E-state index is 0.0345. The molecule has 0 spiro atoms. The molecule has 1 aromatic heterocycles. The summed E-state index contributed by atoms with van der Waals surface area (Å²) in [7, 11) is 0. The number of rotatable bonds is 4. The predicted molar refractivity (Wildman–Crippen MR) is 79.7 cm³/mol. The molecule has 1 heterocycles. The Morgan fingerprint density at radius 2 is 1.90 bits per heavy atom. The van der Waals surface area contributed by atoms with E-state index >= 15 is 0 Å². The smallest absolute Gasteiger partial charge is 0.326 e. The van der Waals surface area contributed by atoms with Crippen molar-refractivity contribution in [3.8, 4) is 0 Å². The zero-order chi connectivity index (χ0) is 15.4. The largest absolute Gasteiger partial charge is 0.480 e. The maximum Gasteiger partial charge on any atom is 0.326 e. The fourth-order valence-corrected chi connectivity index (χ4v) is 3.08. The minimum atomic E-state index is -1.02. The van der Waals surface area contributed by atoms with Crippen molar-refractivity contribution < 1.29 is 14.7 Å². The summed E-state index contributed by atoms with van der Waals surface area (Å²) in [4.78, 5) is 27.4. The Bertz CT molecular complexity index is 545. The normalized spacial score (nSPS) is 17.2. The minimum Gasteiger partial charge on any atom is -0.480 e. The fraction of sp³-hybridized carbons (Fsp3) is 0.500. The third-order valence-corrected chi connectivity index (χ3v) is 4.23. The van der Waals surface area contributed by atoms with Crippen molar-refractivity contribution in [2.75, 3.05) is 0 Å². The van der Waals surface area contributed by atoms with E-state index in [0.29, 0.717) is 0 Å². The van der Waals surface area contributed by atoms with Gasteiger partial charge < -0.3 is 10.4 Å². The highest BCUT2D eigenvalue weighted by atomic mass is 35.5. The number of amides is 1. The van der Waals surface area contributed by atoms with Gasteiger partial charge in [-0.3, -0.25) is 4.79 Å². The molecular formula is C14H16Cl2N2O3. The van der Waals surface area contributed by atoms with Gasteiger partial charge in [-0.15, -0.1) is 0 Å². The number of pyridine rings is 1. The van der Waals surface area contributed by atoms with Crippen LogP contribution in [0.25, 0.3) is 0 Å². The maximum atomic E-state index is 12.2. The number of carboxylic acid groups (broad SMARTS) is 1. The van der Waals surface area contributed by atoms with Crippen LogP contribution in [0.3, 0.4) is 0 Å². The quantitative estimate of drug-likeness (QED) is 0.831. The van der Waals surface area contributed by atoms with Crippen molar-refractivity contribution in [1.29, 1.82) is 0 Å². The highest BCUT2D eigenvalue weighted by Crippen LogP contribution is 2.27. The Morgan fingerprint density at radius 1 is 1.24 bits per heavy atom. The lowest BCUT2D eigenvalue weighted by Crippen LogP contribution is -2.46. The van der Waals surface area contributed by atoms with E-state index in [1.165, 1.54) is 12.1 Å². The second kappa shape index (κ2) is 7.09. The van der Waals surface area contributed by atoms with E-state index in [1.54, 1.807) is 0 Å². The third kappa shape index (κ3) is 4.08. The molecule has 1 saturated carbocycles. The monoisotopic (exact) mass is 330 g/mol. The standard InChI is InChI=1S/C14H16Cl2N2O3/c15-10-7-6-9(12(16)17-10)13(19)18-11(14(20)21)8-4-2-1-3-5-8/h6-8,11H,1-5H2,(H,18,19)(H,20,21). The molecule has 2 N–H and O–H groups in total. The Morgan fingerprint density at radius 3 is 2.48 bits per heavy atom. The van der Waals surface area contributed by atoms with E-state index in [-0.39, 0.29) is 21.8 Å². The molecule has 5 nitrogen and oxygen atoms in total. The number of hydrogen-bond donors (Lipinski definition) is 2. The number of nitrogens with one attached hydrogen (secondary N) is 1. The van der Waals surface area contributed by atoms with Crippen molar-refractivity contribution in [2.24, 2.45) is 5.92 Å². The van der Waals surface area contributed by atoms with Crippen molar-refractivity contribution in [1.82, 2.24) is 10.3 Å². The molecule has 21 heavy (non-hydrogen) atoms. The highest BCUT2D eigenvalue weighted by Gasteiger charge is 2.31. The topological polar surface area (TPSA) is 79.3 Å². The Balaban J connectivity index is 2.12. The first-order valence-corrected chi connectivity index (χ1v) is 7.60. The molecule has 114 valence electrons. The van der Waals surface area contributed by atoms with Gasteiger partial charge in [0.05, 0.1) is 5.56 Å². The SMILES string of the molecule is O=C(NC(C(=O)O)C1CCCCC1)c1ccc(Cl)nc1Cl. The number of hydrogen-bond acceptors (Lipinski definition) is 3. The first kappa shape index (κ1) is 16.0. The lowest BCUT2D eigenvalue weighted by Gasteiger charge is -2.28. The number of nitrogens with zero attached hydrogens (tertiary/aromatic N) is 1. The Kier molecular flexibility index (Phi) is 5.42. The number of carbonyl (C=O) groups is 2. The summed E-state index contributed by atoms with van der Waals surface area (Å²) in [6.45, 7) is 0. The summed E-state index contributed by atoms with van der Waals surface area (Å²) in [6, 6.07) is 1.98. The fourth-order valence-electron chi connectivity index (χ4n) is 2.65. The van der Waals surface area contributed by atoms with Crippen molar-refractivity contribution in [3.63, 3.8) is 0 Å². The van der Waals surface area contributed by atoms with Crippen LogP contribution in [0.2, 0.25) is 10.3 Å². The van der Waals surface area contributed by atoms with Crippen molar-refractivity contribution >= 4 is 35.1 Å². The highest BCUT2D eigenvalue weighted by molar-refractivity contribution is 6.34. The molecule has 0 bridgehead atoms. The van der Waals surface area contributed by atoms with Gasteiger partial charge in [0.1, 0.15) is 16.3 Å². The van der Waals surface area contributed by atoms with Crippen LogP contribution in [0.5, 0.6) is 0 Å². The lowest BCUT2D eigenvalue weighted by atomic mass is 9.84. The summed E-state index contributed by atoms with van der Waals surface area (Å²) < 4.78 is 0. The zero-order valence-electron chi connectivity index (χ0n) is 11.3. The van der Waals surface area contributed by atoms with E-state index in [9.17, 15) is 14.7 Å². The molecule has 0 aromatic carbocycles. The molecule has 7 heteroatoms. The van der Waals surface area contributed by atoms with E-state index in [0.717, 1.165) is 32.1 Å². The summed E-state index contributed by atoms with van der Waals surface area (Å²) in [6.07, 6.45) is 4.72. The van der Waals surface area contributed by atoms with Crippen LogP contribution >= 0.6 is 23.2 Å². The van der Waals surface area contributed by atoms with Crippen LogP contribution in [0.1, 0.15) is 42.5 Å². The summed E-state index contributed by atoms with van der Waals surface area (Å²) in [5.74, 6) is -1.60. The number of aromatic nitrogens is 1. The van der Waals surface area contributed by atoms with Gasteiger partial charge in [-0.2, -0.15) is 0 Å². The average Bonchev–Trinajstić information content (AvgIpc) is 2.45. The average molecular weight is 331 g/mol. The molecule has 1 fully saturated rings. The van der Waals surface area contributed by atoms with Gasteiger partial charge in [0.2, 0.25) is 0 Å².